The summed E-state index contributed by atoms with van der Waals surface area (Å²) in [6.45, 7) is 1.58. The molecule has 0 unspecified atom stereocenters. The lowest BCUT2D eigenvalue weighted by molar-refractivity contribution is -0.124. The first-order valence-electron chi connectivity index (χ1n) is 7.13. The summed E-state index contributed by atoms with van der Waals surface area (Å²) >= 11 is 0. The Kier molecular flexibility index (Phi) is 5.03. The van der Waals surface area contributed by atoms with E-state index in [9.17, 15) is 9.59 Å². The van der Waals surface area contributed by atoms with Crippen molar-refractivity contribution >= 4 is 17.9 Å². The Morgan fingerprint density at radius 2 is 2.27 bits per heavy atom. The van der Waals surface area contributed by atoms with Crippen molar-refractivity contribution in [1.82, 2.24) is 25.0 Å². The zero-order valence-electron chi connectivity index (χ0n) is 13.2. The second kappa shape index (κ2) is 6.97. The summed E-state index contributed by atoms with van der Waals surface area (Å²) in [5.74, 6) is 0.521. The Labute approximate surface area is 129 Å². The summed E-state index contributed by atoms with van der Waals surface area (Å²) in [4.78, 5) is 30.3. The quantitative estimate of drug-likeness (QED) is 0.440. The number of nitrogens with one attached hydrogen (secondary N) is 2. The highest BCUT2D eigenvalue weighted by Crippen LogP contribution is 2.03. The fraction of sp³-hybridized carbons (Fsp3) is 0.500. The van der Waals surface area contributed by atoms with Gasteiger partial charge in [-0.1, -0.05) is 0 Å². The molecule has 0 atom stereocenters. The molecule has 1 aromatic rings. The van der Waals surface area contributed by atoms with E-state index >= 15 is 0 Å². The first-order chi connectivity index (χ1) is 10.5. The molecule has 1 fully saturated rings. The summed E-state index contributed by atoms with van der Waals surface area (Å²) in [6, 6.07) is 3.72. The van der Waals surface area contributed by atoms with Gasteiger partial charge in [-0.2, -0.15) is 0 Å². The lowest BCUT2D eigenvalue weighted by Gasteiger charge is -2.23. The van der Waals surface area contributed by atoms with E-state index in [1.54, 1.807) is 7.05 Å². The maximum Gasteiger partial charge on any atom is 0.324 e. The summed E-state index contributed by atoms with van der Waals surface area (Å²) < 4.78 is 2.05. The third-order valence-corrected chi connectivity index (χ3v) is 3.58. The molecule has 0 radical (unpaired) electrons. The second-order valence-corrected chi connectivity index (χ2v) is 5.14. The molecule has 8 nitrogen and oxygen atoms in total. The highest BCUT2D eigenvalue weighted by molar-refractivity contribution is 6.01. The van der Waals surface area contributed by atoms with Crippen molar-refractivity contribution < 1.29 is 9.59 Å². The van der Waals surface area contributed by atoms with Crippen molar-refractivity contribution in [3.63, 3.8) is 0 Å². The molecule has 0 bridgehead atoms. The molecule has 1 aliphatic heterocycles. The van der Waals surface area contributed by atoms with Crippen LogP contribution in [0.2, 0.25) is 0 Å². The van der Waals surface area contributed by atoms with Crippen LogP contribution < -0.4 is 10.6 Å². The number of rotatable bonds is 5. The van der Waals surface area contributed by atoms with Crippen LogP contribution in [0.15, 0.2) is 23.3 Å². The van der Waals surface area contributed by atoms with Gasteiger partial charge in [0.15, 0.2) is 5.96 Å². The Hall–Kier alpha value is -2.51. The number of urea groups is 1. The SMILES string of the molecule is CN=C(NCCN1C(=O)CNC1=O)N(C)Cc1cccn1C. The smallest absolute Gasteiger partial charge is 0.324 e. The van der Waals surface area contributed by atoms with Gasteiger partial charge in [0.1, 0.15) is 0 Å². The molecule has 8 heteroatoms. The molecule has 2 rings (SSSR count). The lowest BCUT2D eigenvalue weighted by Crippen LogP contribution is -2.43. The highest BCUT2D eigenvalue weighted by atomic mass is 16.2. The molecular formula is C14H22N6O2. The fourth-order valence-corrected chi connectivity index (χ4v) is 2.32. The molecule has 3 amide bonds. The average molecular weight is 306 g/mol. The number of nitrogens with zero attached hydrogens (tertiary/aromatic N) is 4. The summed E-state index contributed by atoms with van der Waals surface area (Å²) in [5, 5.41) is 5.66. The van der Waals surface area contributed by atoms with Gasteiger partial charge in [0.05, 0.1) is 13.1 Å². The number of hydrogen-bond acceptors (Lipinski definition) is 3. The Balaban J connectivity index is 1.83. The number of guanidine groups is 1. The van der Waals surface area contributed by atoms with Crippen LogP contribution in [-0.2, 0) is 18.4 Å². The third kappa shape index (κ3) is 3.57. The molecule has 2 N–H and O–H groups in total. The number of amides is 3. The van der Waals surface area contributed by atoms with Crippen molar-refractivity contribution in [3.8, 4) is 0 Å². The topological polar surface area (TPSA) is 82.0 Å². The van der Waals surface area contributed by atoms with Crippen LogP contribution >= 0.6 is 0 Å². The summed E-state index contributed by atoms with van der Waals surface area (Å²) in [5.41, 5.74) is 1.17. The van der Waals surface area contributed by atoms with E-state index in [0.717, 1.165) is 0 Å². The van der Waals surface area contributed by atoms with Gasteiger partial charge in [0.25, 0.3) is 0 Å². The van der Waals surface area contributed by atoms with E-state index in [4.69, 9.17) is 0 Å². The van der Waals surface area contributed by atoms with E-state index in [0.29, 0.717) is 25.6 Å². The van der Waals surface area contributed by atoms with Crippen molar-refractivity contribution in [2.75, 3.05) is 33.7 Å². The Morgan fingerprint density at radius 3 is 2.82 bits per heavy atom. The van der Waals surface area contributed by atoms with Crippen molar-refractivity contribution in [3.05, 3.63) is 24.0 Å². The molecule has 0 saturated carbocycles. The van der Waals surface area contributed by atoms with Crippen LogP contribution in [-0.4, -0.2) is 66.0 Å². The first kappa shape index (κ1) is 15.9. The minimum absolute atomic E-state index is 0.0843. The van der Waals surface area contributed by atoms with Crippen LogP contribution in [0.25, 0.3) is 0 Å². The first-order valence-corrected chi connectivity index (χ1v) is 7.13. The molecule has 22 heavy (non-hydrogen) atoms. The van der Waals surface area contributed by atoms with Gasteiger partial charge in [-0.25, -0.2) is 4.79 Å². The number of carbonyl (C=O) groups is 2. The molecule has 0 aliphatic carbocycles. The van der Waals surface area contributed by atoms with Crippen LogP contribution in [0.4, 0.5) is 4.79 Å². The predicted octanol–water partition coefficient (Wildman–Crippen LogP) is -0.416. The number of aromatic nitrogens is 1. The largest absolute Gasteiger partial charge is 0.354 e. The number of carbonyl (C=O) groups excluding carboxylic acids is 2. The number of aryl methyl sites for hydroxylation is 1. The Bertz CT molecular complexity index is 564. The molecule has 2 heterocycles. The lowest BCUT2D eigenvalue weighted by atomic mass is 10.4. The molecule has 0 spiro atoms. The number of hydrogen-bond donors (Lipinski definition) is 2. The minimum atomic E-state index is -0.334. The zero-order valence-corrected chi connectivity index (χ0v) is 13.2. The molecule has 120 valence electrons. The molecule has 1 aliphatic rings. The van der Waals surface area contributed by atoms with Gasteiger partial charge in [0.2, 0.25) is 5.91 Å². The summed E-state index contributed by atoms with van der Waals surface area (Å²) in [7, 11) is 5.64. The minimum Gasteiger partial charge on any atom is -0.354 e. The van der Waals surface area contributed by atoms with E-state index in [-0.39, 0.29) is 18.5 Å². The van der Waals surface area contributed by atoms with Gasteiger partial charge in [-0.3, -0.25) is 14.7 Å². The number of imide groups is 1. The third-order valence-electron chi connectivity index (χ3n) is 3.58. The monoisotopic (exact) mass is 306 g/mol. The van der Waals surface area contributed by atoms with Crippen molar-refractivity contribution in [1.29, 1.82) is 0 Å². The van der Waals surface area contributed by atoms with Crippen LogP contribution in [0.5, 0.6) is 0 Å². The fourth-order valence-electron chi connectivity index (χ4n) is 2.32. The van der Waals surface area contributed by atoms with E-state index in [1.807, 2.05) is 31.3 Å². The van der Waals surface area contributed by atoms with Crippen LogP contribution in [0, 0.1) is 0 Å². The molecule has 1 saturated heterocycles. The van der Waals surface area contributed by atoms with E-state index in [1.165, 1.54) is 10.6 Å². The van der Waals surface area contributed by atoms with Crippen LogP contribution in [0.1, 0.15) is 5.69 Å². The van der Waals surface area contributed by atoms with Crippen molar-refractivity contribution in [2.24, 2.45) is 12.0 Å². The second-order valence-electron chi connectivity index (χ2n) is 5.14. The van der Waals surface area contributed by atoms with Gasteiger partial charge >= 0.3 is 6.03 Å². The van der Waals surface area contributed by atoms with Gasteiger partial charge < -0.3 is 20.1 Å². The van der Waals surface area contributed by atoms with E-state index in [2.05, 4.69) is 26.3 Å². The molecular weight excluding hydrogens is 284 g/mol. The van der Waals surface area contributed by atoms with E-state index < -0.39 is 0 Å². The predicted molar refractivity (Wildman–Crippen MR) is 83.4 cm³/mol. The van der Waals surface area contributed by atoms with Gasteiger partial charge in [0, 0.05) is 46.1 Å². The normalized spacial score (nSPS) is 15.2. The maximum absolute atomic E-state index is 11.5. The maximum atomic E-state index is 11.5. The molecule has 0 aromatic carbocycles. The molecule has 1 aromatic heterocycles. The van der Waals surface area contributed by atoms with Crippen LogP contribution in [0.3, 0.4) is 0 Å². The standard InChI is InChI=1S/C14H22N6O2/c1-15-13(19(3)10-11-5-4-7-18(11)2)16-6-8-20-12(21)9-17-14(20)22/h4-5,7H,6,8-10H2,1-3H3,(H,15,16)(H,17,22). The Morgan fingerprint density at radius 1 is 1.50 bits per heavy atom. The highest BCUT2D eigenvalue weighted by Gasteiger charge is 2.27. The van der Waals surface area contributed by atoms with Crippen molar-refractivity contribution in [2.45, 2.75) is 6.54 Å². The van der Waals surface area contributed by atoms with Gasteiger partial charge in [-0.05, 0) is 12.1 Å². The number of aliphatic imine (C=N–C) groups is 1. The van der Waals surface area contributed by atoms with Gasteiger partial charge in [-0.15, -0.1) is 0 Å². The zero-order chi connectivity index (χ0) is 16.1. The average Bonchev–Trinajstić information content (AvgIpc) is 3.03. The summed E-state index contributed by atoms with van der Waals surface area (Å²) in [6.07, 6.45) is 2.00.